The lowest BCUT2D eigenvalue weighted by Gasteiger charge is -2.33. The van der Waals surface area contributed by atoms with Gasteiger partial charge in [0.25, 0.3) is 0 Å². The van der Waals surface area contributed by atoms with Crippen LogP contribution in [-0.4, -0.2) is 150 Å². The van der Waals surface area contributed by atoms with E-state index in [2.05, 4.69) is 45.2 Å². The standard InChI is InChI=1S/C10H20N2O2.C9H18N2O2.C5H12N2.CH3ClO2S/c1-10(2,3)14-9(13)12-7-5-11(4)6-8-12;1-9(2,3)13-8(12)11-6-4-10-5-7-11;1-7-4-2-6-3-5-7;1-5(2,3)4/h5-8H2,1-4H3;10H,4-7H2,1-3H3;6H,2-5H2,1H3;1H3. The molecular formula is C25H53ClN6O6S. The van der Waals surface area contributed by atoms with E-state index in [4.69, 9.17) is 9.47 Å². The van der Waals surface area contributed by atoms with Crippen LogP contribution in [0.5, 0.6) is 0 Å². The molecule has 3 heterocycles. The molecule has 0 bridgehead atoms. The predicted molar refractivity (Wildman–Crippen MR) is 157 cm³/mol. The summed E-state index contributed by atoms with van der Waals surface area (Å²) in [5, 5.41) is 6.46. The summed E-state index contributed by atoms with van der Waals surface area (Å²) in [4.78, 5) is 31.1. The molecule has 232 valence electrons. The van der Waals surface area contributed by atoms with Gasteiger partial charge in [-0.3, -0.25) is 0 Å². The van der Waals surface area contributed by atoms with Gasteiger partial charge in [0.2, 0.25) is 9.05 Å². The van der Waals surface area contributed by atoms with Crippen molar-refractivity contribution in [2.75, 3.05) is 98.9 Å². The highest BCUT2D eigenvalue weighted by Crippen LogP contribution is 2.11. The van der Waals surface area contributed by atoms with Gasteiger partial charge in [-0.15, -0.1) is 0 Å². The van der Waals surface area contributed by atoms with Gasteiger partial charge in [0.15, 0.2) is 0 Å². The van der Waals surface area contributed by atoms with Gasteiger partial charge in [0, 0.05) is 89.2 Å². The Labute approximate surface area is 241 Å². The summed E-state index contributed by atoms with van der Waals surface area (Å²) in [6.07, 6.45) is 0.536. The zero-order valence-electron chi connectivity index (χ0n) is 25.5. The van der Waals surface area contributed by atoms with E-state index in [0.29, 0.717) is 0 Å². The molecule has 39 heavy (non-hydrogen) atoms. The number of hydrogen-bond donors (Lipinski definition) is 2. The monoisotopic (exact) mass is 600 g/mol. The van der Waals surface area contributed by atoms with Crippen LogP contribution in [0, 0.1) is 0 Å². The molecule has 14 heteroatoms. The van der Waals surface area contributed by atoms with Crippen molar-refractivity contribution in [3.8, 4) is 0 Å². The van der Waals surface area contributed by atoms with E-state index in [1.54, 1.807) is 9.80 Å². The molecule has 0 aromatic heterocycles. The maximum atomic E-state index is 11.6. The third kappa shape index (κ3) is 24.2. The Morgan fingerprint density at radius 3 is 1.21 bits per heavy atom. The Kier molecular flexibility index (Phi) is 17.5. The Bertz CT molecular complexity index is 791. The summed E-state index contributed by atoms with van der Waals surface area (Å²) in [6, 6.07) is 0. The fourth-order valence-corrected chi connectivity index (χ4v) is 3.27. The second-order valence-corrected chi connectivity index (χ2v) is 14.8. The van der Waals surface area contributed by atoms with Crippen molar-refractivity contribution in [2.24, 2.45) is 0 Å². The number of nitrogens with zero attached hydrogens (tertiary/aromatic N) is 4. The van der Waals surface area contributed by atoms with Gasteiger partial charge in [-0.25, -0.2) is 18.0 Å². The first-order valence-corrected chi connectivity index (χ1v) is 16.1. The van der Waals surface area contributed by atoms with Gasteiger partial charge in [-0.05, 0) is 55.6 Å². The first-order chi connectivity index (χ1) is 17.8. The zero-order chi connectivity index (χ0) is 30.3. The molecule has 0 spiro atoms. The molecule has 0 atom stereocenters. The van der Waals surface area contributed by atoms with E-state index < -0.39 is 9.05 Å². The number of amides is 2. The van der Waals surface area contributed by atoms with Crippen molar-refractivity contribution < 1.29 is 27.5 Å². The van der Waals surface area contributed by atoms with Crippen molar-refractivity contribution in [2.45, 2.75) is 52.7 Å². The molecule has 12 nitrogen and oxygen atoms in total. The zero-order valence-corrected chi connectivity index (χ0v) is 27.1. The normalized spacial score (nSPS) is 19.2. The Hall–Kier alpha value is -1.38. The second-order valence-electron chi connectivity index (χ2n) is 11.7. The van der Waals surface area contributed by atoms with Crippen LogP contribution < -0.4 is 10.6 Å². The van der Waals surface area contributed by atoms with E-state index in [1.165, 1.54) is 13.1 Å². The average Bonchev–Trinajstić information content (AvgIpc) is 2.78. The lowest BCUT2D eigenvalue weighted by Crippen LogP contribution is -2.48. The van der Waals surface area contributed by atoms with E-state index >= 15 is 0 Å². The highest BCUT2D eigenvalue weighted by Gasteiger charge is 2.25. The minimum Gasteiger partial charge on any atom is -0.444 e. The maximum Gasteiger partial charge on any atom is 0.410 e. The van der Waals surface area contributed by atoms with E-state index in [1.807, 2.05) is 41.5 Å². The molecule has 0 aromatic rings. The molecule has 2 N–H and O–H groups in total. The Balaban J connectivity index is 0.000000531. The molecular weight excluding hydrogens is 548 g/mol. The summed E-state index contributed by atoms with van der Waals surface area (Å²) in [6.45, 7) is 22.7. The number of nitrogens with one attached hydrogen (secondary N) is 2. The van der Waals surface area contributed by atoms with Gasteiger partial charge in [0.1, 0.15) is 11.2 Å². The fourth-order valence-electron chi connectivity index (χ4n) is 3.27. The predicted octanol–water partition coefficient (Wildman–Crippen LogP) is 1.70. The first-order valence-electron chi connectivity index (χ1n) is 13.4. The first kappa shape index (κ1) is 37.6. The highest BCUT2D eigenvalue weighted by atomic mass is 35.7. The average molecular weight is 601 g/mol. The molecule has 3 fully saturated rings. The van der Waals surface area contributed by atoms with Crippen molar-refractivity contribution in [1.29, 1.82) is 0 Å². The molecule has 0 aliphatic carbocycles. The molecule has 2 amide bonds. The molecule has 3 aliphatic heterocycles. The quantitative estimate of drug-likeness (QED) is 0.397. The molecule has 3 aliphatic rings. The van der Waals surface area contributed by atoms with Gasteiger partial charge < -0.3 is 39.7 Å². The summed E-state index contributed by atoms with van der Waals surface area (Å²) in [5.41, 5.74) is -0.775. The number of carbonyl (C=O) groups is 2. The van der Waals surface area contributed by atoms with Crippen LogP contribution in [0.15, 0.2) is 0 Å². The van der Waals surface area contributed by atoms with Crippen LogP contribution >= 0.6 is 10.7 Å². The summed E-state index contributed by atoms with van der Waals surface area (Å²) >= 11 is 0. The van der Waals surface area contributed by atoms with Crippen LogP contribution in [0.3, 0.4) is 0 Å². The summed E-state index contributed by atoms with van der Waals surface area (Å²) < 4.78 is 29.3. The lowest BCUT2D eigenvalue weighted by molar-refractivity contribution is 0.0163. The van der Waals surface area contributed by atoms with Crippen molar-refractivity contribution in [3.05, 3.63) is 0 Å². The number of carbonyl (C=O) groups excluding carboxylic acids is 2. The number of likely N-dealkylation sites (N-methyl/N-ethyl adjacent to an activating group) is 2. The fraction of sp³-hybridized carbons (Fsp3) is 0.920. The van der Waals surface area contributed by atoms with Crippen LogP contribution in [0.4, 0.5) is 9.59 Å². The minimum absolute atomic E-state index is 0.189. The van der Waals surface area contributed by atoms with Crippen LogP contribution in [0.1, 0.15) is 41.5 Å². The molecule has 0 aromatic carbocycles. The van der Waals surface area contributed by atoms with Crippen molar-refractivity contribution in [1.82, 2.24) is 30.2 Å². The smallest absolute Gasteiger partial charge is 0.410 e. The largest absolute Gasteiger partial charge is 0.444 e. The number of hydrogen-bond acceptors (Lipinski definition) is 10. The SMILES string of the molecule is CC(C)(C)OC(=O)N1CCNCC1.CN1CCN(C(=O)OC(C)(C)C)CC1.CN1CCNCC1.CS(=O)(=O)Cl. The highest BCUT2D eigenvalue weighted by molar-refractivity contribution is 8.13. The van der Waals surface area contributed by atoms with Gasteiger partial charge >= 0.3 is 12.2 Å². The third-order valence-electron chi connectivity index (χ3n) is 5.26. The van der Waals surface area contributed by atoms with Crippen LogP contribution in [0.2, 0.25) is 0 Å². The van der Waals surface area contributed by atoms with Gasteiger partial charge in [-0.2, -0.15) is 0 Å². The van der Waals surface area contributed by atoms with Crippen molar-refractivity contribution >= 4 is 31.9 Å². The molecule has 0 unspecified atom stereocenters. The Morgan fingerprint density at radius 1 is 0.641 bits per heavy atom. The molecule has 3 saturated heterocycles. The number of halogens is 1. The molecule has 0 radical (unpaired) electrons. The number of rotatable bonds is 0. The van der Waals surface area contributed by atoms with Crippen molar-refractivity contribution in [3.63, 3.8) is 0 Å². The minimum atomic E-state index is -3.19. The van der Waals surface area contributed by atoms with Crippen LogP contribution in [-0.2, 0) is 18.5 Å². The van der Waals surface area contributed by atoms with E-state index in [9.17, 15) is 18.0 Å². The van der Waals surface area contributed by atoms with Crippen LogP contribution in [0.25, 0.3) is 0 Å². The Morgan fingerprint density at radius 2 is 0.923 bits per heavy atom. The summed E-state index contributed by atoms with van der Waals surface area (Å²) in [7, 11) is 5.52. The second kappa shape index (κ2) is 18.1. The maximum absolute atomic E-state index is 11.6. The van der Waals surface area contributed by atoms with Gasteiger partial charge in [0.05, 0.1) is 6.26 Å². The molecule has 3 rings (SSSR count). The summed E-state index contributed by atoms with van der Waals surface area (Å²) in [5.74, 6) is 0. The molecule has 0 saturated carbocycles. The topological polar surface area (TPSA) is 124 Å². The third-order valence-corrected chi connectivity index (χ3v) is 5.26. The van der Waals surface area contributed by atoms with E-state index in [-0.39, 0.29) is 23.4 Å². The van der Waals surface area contributed by atoms with Gasteiger partial charge in [-0.1, -0.05) is 0 Å². The van der Waals surface area contributed by atoms with E-state index in [0.717, 1.165) is 71.7 Å². The lowest BCUT2D eigenvalue weighted by atomic mass is 10.2. The number of piperazine rings is 3. The number of ether oxygens (including phenoxy) is 2.